The van der Waals surface area contributed by atoms with Crippen LogP contribution in [-0.2, 0) is 13.6 Å². The topological polar surface area (TPSA) is 31.0 Å². The van der Waals surface area contributed by atoms with E-state index in [9.17, 15) is 0 Å². The molecule has 3 nitrogen and oxygen atoms in total. The van der Waals surface area contributed by atoms with E-state index in [4.69, 9.17) is 13.6 Å². The first-order chi connectivity index (χ1) is 13.3. The van der Waals surface area contributed by atoms with Crippen LogP contribution in [0, 0.1) is 0 Å². The van der Waals surface area contributed by atoms with Crippen LogP contribution in [0.5, 0.6) is 0 Å². The first-order valence-corrected chi connectivity index (χ1v) is 16.6. The Morgan fingerprint density at radius 3 is 0.966 bits per heavy atom. The molecule has 0 aromatic rings. The summed E-state index contributed by atoms with van der Waals surface area (Å²) in [5.41, 5.74) is 3.60. The molecule has 1 saturated carbocycles. The van der Waals surface area contributed by atoms with E-state index in [0.717, 1.165) is 12.8 Å². The maximum absolute atomic E-state index is 7.31. The molecule has 2 rings (SSSR count). The largest absolute Gasteiger partial charge is 0.410 e. The van der Waals surface area contributed by atoms with Crippen molar-refractivity contribution in [3.05, 3.63) is 0 Å². The lowest BCUT2D eigenvalue weighted by atomic mass is 9.95. The molecule has 1 aliphatic carbocycles. The molecule has 172 valence electrons. The van der Waals surface area contributed by atoms with Crippen molar-refractivity contribution in [3.63, 3.8) is 0 Å². The fourth-order valence-corrected chi connectivity index (χ4v) is 18.1. The van der Waals surface area contributed by atoms with Crippen LogP contribution in [0.2, 0.25) is 33.2 Å². The van der Waals surface area contributed by atoms with Gasteiger partial charge in [0.15, 0.2) is 0 Å². The van der Waals surface area contributed by atoms with Gasteiger partial charge in [-0.2, -0.15) is 0 Å². The van der Waals surface area contributed by atoms with Crippen LogP contribution in [-0.4, -0.2) is 41.1 Å². The molecular weight excluding hydrogens is 392 g/mol. The van der Waals surface area contributed by atoms with Crippen LogP contribution in [0.4, 0.5) is 0 Å². The zero-order chi connectivity index (χ0) is 22.3. The minimum atomic E-state index is -1.94. The second kappa shape index (κ2) is 9.44. The van der Waals surface area contributed by atoms with E-state index in [1.165, 1.54) is 0 Å². The summed E-state index contributed by atoms with van der Waals surface area (Å²) >= 11 is 0. The zero-order valence-corrected chi connectivity index (χ0v) is 23.4. The summed E-state index contributed by atoms with van der Waals surface area (Å²) in [7, 11) is -3.89. The monoisotopic (exact) mass is 442 g/mol. The predicted molar refractivity (Wildman–Crippen MR) is 130 cm³/mol. The Kier molecular flexibility index (Phi) is 8.32. The van der Waals surface area contributed by atoms with Crippen molar-refractivity contribution in [2.45, 2.75) is 154 Å². The number of rotatable bonds is 10. The normalized spacial score (nSPS) is 28.3. The van der Waals surface area contributed by atoms with Crippen molar-refractivity contribution in [2.24, 2.45) is 0 Å². The minimum absolute atomic E-state index is 0.195. The van der Waals surface area contributed by atoms with Crippen molar-refractivity contribution >= 4 is 16.6 Å². The maximum atomic E-state index is 7.31. The number of ether oxygens (including phenoxy) is 1. The lowest BCUT2D eigenvalue weighted by molar-refractivity contribution is 0.0106. The first kappa shape index (κ1) is 25.6. The molecule has 0 aromatic carbocycles. The second-order valence-electron chi connectivity index (χ2n) is 11.6. The van der Waals surface area contributed by atoms with Gasteiger partial charge >= 0.3 is 0 Å². The molecule has 0 aromatic heterocycles. The van der Waals surface area contributed by atoms with E-state index in [0.29, 0.717) is 45.5 Å². The lowest BCUT2D eigenvalue weighted by Crippen LogP contribution is -2.57. The van der Waals surface area contributed by atoms with Gasteiger partial charge in [0.25, 0.3) is 0 Å². The van der Waals surface area contributed by atoms with E-state index in [1.807, 2.05) is 0 Å². The van der Waals surface area contributed by atoms with Gasteiger partial charge in [0.05, 0.1) is 24.4 Å². The molecule has 1 heterocycles. The molecule has 1 saturated heterocycles. The molecule has 0 bridgehead atoms. The Labute approximate surface area is 183 Å². The highest BCUT2D eigenvalue weighted by Crippen LogP contribution is 2.50. The van der Waals surface area contributed by atoms with Gasteiger partial charge in [-0.15, -0.1) is 0 Å². The van der Waals surface area contributed by atoms with E-state index in [2.05, 4.69) is 83.1 Å². The molecule has 0 amide bonds. The first-order valence-electron chi connectivity index (χ1n) is 12.3. The van der Waals surface area contributed by atoms with Gasteiger partial charge in [-0.05, 0) is 33.2 Å². The van der Waals surface area contributed by atoms with E-state index in [-0.39, 0.29) is 12.2 Å². The second-order valence-corrected chi connectivity index (χ2v) is 22.4. The Morgan fingerprint density at radius 1 is 0.517 bits per heavy atom. The molecule has 0 unspecified atom stereocenters. The summed E-state index contributed by atoms with van der Waals surface area (Å²) in [5.74, 6) is 0. The third-order valence-corrected chi connectivity index (χ3v) is 20.4. The van der Waals surface area contributed by atoms with Crippen molar-refractivity contribution in [1.29, 1.82) is 0 Å². The third-order valence-electron chi connectivity index (χ3n) is 8.16. The quantitative estimate of drug-likeness (QED) is 0.257. The van der Waals surface area contributed by atoms with Gasteiger partial charge in [-0.3, -0.25) is 0 Å². The summed E-state index contributed by atoms with van der Waals surface area (Å²) in [6.07, 6.45) is 3.25. The summed E-state index contributed by atoms with van der Waals surface area (Å²) < 4.78 is 20.6. The van der Waals surface area contributed by atoms with Crippen LogP contribution in [0.3, 0.4) is 0 Å². The van der Waals surface area contributed by atoms with Gasteiger partial charge in [0, 0.05) is 12.8 Å². The molecule has 1 aliphatic heterocycles. The van der Waals surface area contributed by atoms with Gasteiger partial charge in [-0.1, -0.05) is 83.1 Å². The molecule has 0 spiro atoms. The Balaban J connectivity index is 2.37. The van der Waals surface area contributed by atoms with Gasteiger partial charge in [-0.25, -0.2) is 0 Å². The SMILES string of the molecule is CC(C)[Si](O[C@H]1C[C@@H]2O[C@@H]2C[C@H]1O[Si](C(C)C)(C(C)C)C(C)C)(C(C)C)C(C)C. The lowest BCUT2D eigenvalue weighted by Gasteiger charge is -2.50. The van der Waals surface area contributed by atoms with Gasteiger partial charge in [0.2, 0.25) is 16.6 Å². The van der Waals surface area contributed by atoms with E-state index < -0.39 is 16.6 Å². The molecule has 29 heavy (non-hydrogen) atoms. The average Bonchev–Trinajstić information content (AvgIpc) is 3.32. The summed E-state index contributed by atoms with van der Waals surface area (Å²) in [6.45, 7) is 28.6. The molecule has 0 radical (unpaired) electrons. The number of epoxide rings is 1. The summed E-state index contributed by atoms with van der Waals surface area (Å²) in [5, 5.41) is 0. The molecule has 5 heteroatoms. The molecular formula is C24H50O3Si2. The van der Waals surface area contributed by atoms with Crippen molar-refractivity contribution in [3.8, 4) is 0 Å². The van der Waals surface area contributed by atoms with Crippen molar-refractivity contribution < 1.29 is 13.6 Å². The highest BCUT2D eigenvalue weighted by molar-refractivity contribution is 6.78. The predicted octanol–water partition coefficient (Wildman–Crippen LogP) is 7.67. The smallest absolute Gasteiger partial charge is 0.200 e. The number of fused-ring (bicyclic) bond motifs is 1. The molecule has 4 atom stereocenters. The zero-order valence-electron chi connectivity index (χ0n) is 21.4. The summed E-state index contributed by atoms with van der Waals surface area (Å²) in [4.78, 5) is 0. The minimum Gasteiger partial charge on any atom is -0.410 e. The number of hydrogen-bond donors (Lipinski definition) is 0. The van der Waals surface area contributed by atoms with Crippen LogP contribution in [0.15, 0.2) is 0 Å². The Bertz CT molecular complexity index is 441. The van der Waals surface area contributed by atoms with Crippen LogP contribution in [0.25, 0.3) is 0 Å². The third kappa shape index (κ3) is 4.74. The summed E-state index contributed by atoms with van der Waals surface area (Å²) in [6, 6.07) is 0. The average molecular weight is 443 g/mol. The maximum Gasteiger partial charge on any atom is 0.200 e. The Morgan fingerprint density at radius 2 is 0.759 bits per heavy atom. The number of hydrogen-bond acceptors (Lipinski definition) is 3. The molecule has 0 N–H and O–H groups in total. The Hall–Kier alpha value is 0.314. The van der Waals surface area contributed by atoms with E-state index >= 15 is 0 Å². The van der Waals surface area contributed by atoms with E-state index in [1.54, 1.807) is 0 Å². The van der Waals surface area contributed by atoms with Crippen LogP contribution in [0.1, 0.15) is 95.9 Å². The fourth-order valence-electron chi connectivity index (χ4n) is 6.94. The van der Waals surface area contributed by atoms with Gasteiger partial charge < -0.3 is 13.6 Å². The van der Waals surface area contributed by atoms with Gasteiger partial charge in [0.1, 0.15) is 0 Å². The van der Waals surface area contributed by atoms with Crippen molar-refractivity contribution in [1.82, 2.24) is 0 Å². The fraction of sp³-hybridized carbons (Fsp3) is 1.00. The standard InChI is InChI=1S/C24H50O3Si2/c1-15(2)28(16(3)4,17(5)6)26-23-13-21-22(25-21)14-24(23)27-29(18(7)8,19(9)10)20(11)12/h15-24H,13-14H2,1-12H3/t21-,22+,23-,24+. The van der Waals surface area contributed by atoms with Crippen molar-refractivity contribution in [2.75, 3.05) is 0 Å². The van der Waals surface area contributed by atoms with Crippen LogP contribution >= 0.6 is 0 Å². The molecule has 2 fully saturated rings. The van der Waals surface area contributed by atoms with Crippen LogP contribution < -0.4 is 0 Å². The highest BCUT2D eigenvalue weighted by Gasteiger charge is 2.56. The molecule has 2 aliphatic rings. The highest BCUT2D eigenvalue weighted by atomic mass is 28.4.